The van der Waals surface area contributed by atoms with E-state index in [1.54, 1.807) is 58.2 Å². The molecule has 0 aromatic heterocycles. The zero-order valence-corrected chi connectivity index (χ0v) is 31.8. The Morgan fingerprint density at radius 2 is 1.98 bits per heavy atom. The second-order valence-electron chi connectivity index (χ2n) is 13.9. The summed E-state index contributed by atoms with van der Waals surface area (Å²) in [5.74, 6) is -2.29. The fourth-order valence-electron chi connectivity index (χ4n) is 6.67. The maximum Gasteiger partial charge on any atom is 0.409 e. The number of anilines is 1. The summed E-state index contributed by atoms with van der Waals surface area (Å²) >= 11 is 8.21. The molecular formula is C36H50ClN3O10S. The van der Waals surface area contributed by atoms with Crippen LogP contribution >= 0.6 is 23.4 Å². The van der Waals surface area contributed by atoms with Gasteiger partial charge in [-0.25, -0.2) is 9.59 Å². The molecule has 2 fully saturated rings. The fraction of sp³-hybridized carbons (Fsp3) is 0.611. The Labute approximate surface area is 308 Å². The zero-order valence-electron chi connectivity index (χ0n) is 30.2. The van der Waals surface area contributed by atoms with Crippen LogP contribution in [-0.2, 0) is 41.6 Å². The number of carbonyl (C=O) groups excluding carboxylic acids is 4. The third-order valence-corrected chi connectivity index (χ3v) is 11.3. The van der Waals surface area contributed by atoms with Crippen LogP contribution in [0.15, 0.2) is 35.9 Å². The maximum atomic E-state index is 14.0. The molecule has 2 saturated heterocycles. The largest absolute Gasteiger partial charge is 0.457 e. The van der Waals surface area contributed by atoms with Gasteiger partial charge in [0.25, 0.3) is 0 Å². The highest BCUT2D eigenvalue weighted by atomic mass is 35.5. The first-order valence-electron chi connectivity index (χ1n) is 17.0. The molecule has 4 bridgehead atoms. The molecule has 3 aliphatic rings. The molecule has 15 heteroatoms. The molecule has 8 atom stereocenters. The van der Waals surface area contributed by atoms with Crippen molar-refractivity contribution in [1.82, 2.24) is 10.2 Å². The number of hydrogen-bond donors (Lipinski definition) is 4. The highest BCUT2D eigenvalue weighted by Gasteiger charge is 2.64. The monoisotopic (exact) mass is 751 g/mol. The van der Waals surface area contributed by atoms with Gasteiger partial charge in [-0.15, -0.1) is 0 Å². The van der Waals surface area contributed by atoms with Crippen LogP contribution in [0.1, 0.15) is 58.1 Å². The minimum absolute atomic E-state index is 0.0888. The Balaban J connectivity index is 1.76. The van der Waals surface area contributed by atoms with Gasteiger partial charge in [-0.2, -0.15) is 11.8 Å². The Bertz CT molecular complexity index is 1560. The van der Waals surface area contributed by atoms with Crippen molar-refractivity contribution in [3.05, 3.63) is 52.1 Å². The van der Waals surface area contributed by atoms with Crippen LogP contribution in [-0.4, -0.2) is 112 Å². The van der Waals surface area contributed by atoms with E-state index < -0.39 is 72.1 Å². The number of epoxide rings is 1. The van der Waals surface area contributed by atoms with Crippen molar-refractivity contribution in [2.45, 2.75) is 95.7 Å². The Kier molecular flexibility index (Phi) is 13.3. The Morgan fingerprint density at radius 3 is 2.63 bits per heavy atom. The number of allylic oxidation sites excluding steroid dienone is 3. The first-order valence-corrected chi connectivity index (χ1v) is 18.7. The second-order valence-corrected chi connectivity index (χ2v) is 15.3. The molecule has 51 heavy (non-hydrogen) atoms. The lowest BCUT2D eigenvalue weighted by atomic mass is 9.81. The Hall–Kier alpha value is -3.14. The van der Waals surface area contributed by atoms with E-state index in [1.807, 2.05) is 13.2 Å². The molecule has 3 heterocycles. The number of carbonyl (C=O) groups is 4. The molecule has 0 aliphatic carbocycles. The van der Waals surface area contributed by atoms with E-state index >= 15 is 0 Å². The van der Waals surface area contributed by atoms with E-state index in [0.717, 1.165) is 11.1 Å². The van der Waals surface area contributed by atoms with Gasteiger partial charge in [-0.3, -0.25) is 14.9 Å². The molecule has 1 aromatic rings. The average Bonchev–Trinajstić information content (AvgIpc) is 3.79. The van der Waals surface area contributed by atoms with Crippen molar-refractivity contribution in [1.29, 1.82) is 0 Å². The predicted octanol–water partition coefficient (Wildman–Crippen LogP) is 3.34. The van der Waals surface area contributed by atoms with Crippen LogP contribution in [0.3, 0.4) is 0 Å². The number of aliphatic hydroxyl groups excluding tert-OH is 2. The normalized spacial score (nSPS) is 32.0. The average molecular weight is 752 g/mol. The third kappa shape index (κ3) is 9.09. The number of fused-ring (bicyclic) bond motifs is 5. The topological polar surface area (TPSA) is 178 Å². The van der Waals surface area contributed by atoms with Crippen LogP contribution in [0.5, 0.6) is 0 Å². The number of nitrogens with one attached hydrogen (secondary N) is 1. The van der Waals surface area contributed by atoms with E-state index in [2.05, 4.69) is 5.32 Å². The van der Waals surface area contributed by atoms with Gasteiger partial charge in [-0.05, 0) is 50.6 Å². The third-order valence-electron chi connectivity index (χ3n) is 10.2. The van der Waals surface area contributed by atoms with Crippen molar-refractivity contribution in [2.24, 2.45) is 11.8 Å². The lowest BCUT2D eigenvalue weighted by Crippen LogP contribution is -2.62. The fourth-order valence-corrected chi connectivity index (χ4v) is 7.35. The van der Waals surface area contributed by atoms with Crippen molar-refractivity contribution < 1.29 is 48.7 Å². The van der Waals surface area contributed by atoms with Crippen LogP contribution in [0.25, 0.3) is 0 Å². The van der Waals surface area contributed by atoms with Crippen LogP contribution in [0.2, 0.25) is 5.02 Å². The van der Waals surface area contributed by atoms with E-state index in [9.17, 15) is 34.5 Å². The summed E-state index contributed by atoms with van der Waals surface area (Å²) < 4.78 is 17.9. The summed E-state index contributed by atoms with van der Waals surface area (Å²) in [4.78, 5) is 55.8. The van der Waals surface area contributed by atoms with E-state index in [4.69, 9.17) is 25.8 Å². The minimum atomic E-state index is -1.86. The lowest BCUT2D eigenvalue weighted by Gasteiger charge is -2.42. The summed E-state index contributed by atoms with van der Waals surface area (Å²) in [7, 11) is 3.06. The molecule has 3 amide bonds. The number of rotatable bonds is 8. The molecular weight excluding hydrogens is 702 g/mol. The smallest absolute Gasteiger partial charge is 0.409 e. The van der Waals surface area contributed by atoms with Gasteiger partial charge in [0.15, 0.2) is 5.72 Å². The second kappa shape index (κ2) is 16.7. The number of amides is 3. The van der Waals surface area contributed by atoms with Crippen LogP contribution < -0.4 is 10.2 Å². The quantitative estimate of drug-likeness (QED) is 0.226. The predicted molar refractivity (Wildman–Crippen MR) is 193 cm³/mol. The van der Waals surface area contributed by atoms with Gasteiger partial charge in [0.2, 0.25) is 11.8 Å². The van der Waals surface area contributed by atoms with Gasteiger partial charge in [-0.1, -0.05) is 48.4 Å². The molecule has 0 spiro atoms. The first-order chi connectivity index (χ1) is 24.0. The van der Waals surface area contributed by atoms with Crippen LogP contribution in [0, 0.1) is 11.8 Å². The minimum Gasteiger partial charge on any atom is -0.457 e. The molecule has 3 aliphatic heterocycles. The highest BCUT2D eigenvalue weighted by molar-refractivity contribution is 7.98. The lowest BCUT2D eigenvalue weighted by molar-refractivity contribution is -0.161. The molecule has 1 aromatic carbocycles. The number of hydrogen-bond acceptors (Lipinski definition) is 11. The number of esters is 1. The molecule has 0 unspecified atom stereocenters. The van der Waals surface area contributed by atoms with E-state index in [0.29, 0.717) is 23.4 Å². The maximum absolute atomic E-state index is 14.0. The number of likely N-dealkylation sites (N-methyl/N-ethyl adjacent to an activating group) is 1. The van der Waals surface area contributed by atoms with Crippen molar-refractivity contribution in [2.75, 3.05) is 37.6 Å². The van der Waals surface area contributed by atoms with Gasteiger partial charge >= 0.3 is 12.1 Å². The number of ether oxygens (including phenoxy) is 3. The van der Waals surface area contributed by atoms with Crippen LogP contribution in [0.4, 0.5) is 10.5 Å². The number of alkyl carbamates (subject to hydrolysis) is 1. The van der Waals surface area contributed by atoms with E-state index in [1.165, 1.54) is 28.6 Å². The summed E-state index contributed by atoms with van der Waals surface area (Å²) in [6, 6.07) is 2.53. The zero-order chi connectivity index (χ0) is 37.8. The highest BCUT2D eigenvalue weighted by Crippen LogP contribution is 2.49. The van der Waals surface area contributed by atoms with Crippen molar-refractivity contribution in [3.63, 3.8) is 0 Å². The summed E-state index contributed by atoms with van der Waals surface area (Å²) in [6.07, 6.45) is 3.64. The van der Waals surface area contributed by atoms with Crippen molar-refractivity contribution >= 4 is 52.9 Å². The van der Waals surface area contributed by atoms with Gasteiger partial charge in [0, 0.05) is 44.5 Å². The first kappa shape index (κ1) is 40.6. The van der Waals surface area contributed by atoms with Crippen molar-refractivity contribution in [3.8, 4) is 0 Å². The van der Waals surface area contributed by atoms with Gasteiger partial charge in [0.1, 0.15) is 23.9 Å². The Morgan fingerprint density at radius 1 is 1.27 bits per heavy atom. The number of thioether (sulfide) groups is 1. The summed E-state index contributed by atoms with van der Waals surface area (Å²) in [5.41, 5.74) is -0.685. The summed E-state index contributed by atoms with van der Waals surface area (Å²) in [5, 5.41) is 34.7. The van der Waals surface area contributed by atoms with E-state index in [-0.39, 0.29) is 36.8 Å². The number of nitrogens with zero attached hydrogens (tertiary/aromatic N) is 2. The molecule has 0 radical (unpaired) electrons. The number of halogens is 1. The molecule has 282 valence electrons. The van der Waals surface area contributed by atoms with Gasteiger partial charge < -0.3 is 39.3 Å². The SMILES string of the molecule is CSCCC(=O)N(C)[C@@H](C)C(=O)O[C@H]1CC(=O)N(C)c2cc(cc(CO)c2Cl)C/C(C)=C/C=C/[C@@H](CO)[C@@]2(O)C[C@H](OC(=O)N2)[C@@H](C)[C@@H]2O[C@@]12C. The molecule has 4 rings (SSSR count). The molecule has 0 saturated carbocycles. The standard InChI is InChI=1S/C36H50ClN3O10S/c1-20-9-8-10-25(19-42)36(47)17-27(48-34(46)38-36)21(2)32-35(4,50-32)28(49-33(45)22(3)39(5)29(43)11-12-51-7)16-30(44)40(6)26-15-23(13-20)14-24(18-41)31(26)37/h8-10,14-15,21-22,25,27-28,32,41-42,47H,11-13,16-19H2,1-7H3,(H,38,46)/b10-8+,20-9+/t21-,22+,25+,27+,28+,32+,35+,36+/m1/s1. The van der Waals surface area contributed by atoms with Gasteiger partial charge in [0.05, 0.1) is 36.4 Å². The molecule has 13 nitrogen and oxygen atoms in total. The number of aliphatic hydroxyl groups is 3. The summed E-state index contributed by atoms with van der Waals surface area (Å²) in [6.45, 7) is 6.05. The molecule has 4 N–H and O–H groups in total. The number of benzene rings is 1.